The normalized spacial score (nSPS) is 13.6. The maximum Gasteiger partial charge on any atom is 0.416 e. The summed E-state index contributed by atoms with van der Waals surface area (Å²) < 4.78 is 38.2. The fraction of sp³-hybridized carbons (Fsp3) is 0.130. The standard InChI is InChI=1S/C23H12Cl4F3NO2/c24-17-15-16(18(25)20(27)19(17)26)22(33)31(21(15)32)14-3-1-2-12(10-14)5-4-11-6-8-13(9-7-11)23(28,29)30/h1-3,6-10H,4-5H2. The molecule has 0 spiro atoms. The van der Waals surface area contributed by atoms with Crippen molar-refractivity contribution >= 4 is 63.9 Å². The third-order valence-corrected chi connectivity index (χ3v) is 7.06. The number of aryl methyl sites for hydroxylation is 2. The van der Waals surface area contributed by atoms with Crippen molar-refractivity contribution in [1.82, 2.24) is 0 Å². The molecular formula is C23H12Cl4F3NO2. The molecule has 33 heavy (non-hydrogen) atoms. The van der Waals surface area contributed by atoms with E-state index in [0.717, 1.165) is 28.2 Å². The first-order valence-corrected chi connectivity index (χ1v) is 11.0. The van der Waals surface area contributed by atoms with Crippen molar-refractivity contribution in [2.75, 3.05) is 4.90 Å². The SMILES string of the molecule is O=C1c2c(Cl)c(Cl)c(Cl)c(Cl)c2C(=O)N1c1cccc(CCc2ccc(C(F)(F)F)cc2)c1. The maximum atomic E-state index is 13.0. The van der Waals surface area contributed by atoms with E-state index in [4.69, 9.17) is 46.4 Å². The number of halogens is 7. The van der Waals surface area contributed by atoms with Crippen molar-refractivity contribution in [3.8, 4) is 0 Å². The van der Waals surface area contributed by atoms with Crippen LogP contribution in [-0.4, -0.2) is 11.8 Å². The van der Waals surface area contributed by atoms with Crippen molar-refractivity contribution in [3.63, 3.8) is 0 Å². The Bertz CT molecular complexity index is 1240. The van der Waals surface area contributed by atoms with E-state index in [1.54, 1.807) is 24.3 Å². The molecule has 1 aliphatic heterocycles. The predicted octanol–water partition coefficient (Wildman–Crippen LogP) is 7.90. The van der Waals surface area contributed by atoms with Crippen molar-refractivity contribution in [3.05, 3.63) is 96.4 Å². The van der Waals surface area contributed by atoms with Gasteiger partial charge in [0.2, 0.25) is 0 Å². The van der Waals surface area contributed by atoms with Gasteiger partial charge in [0.25, 0.3) is 11.8 Å². The Labute approximate surface area is 206 Å². The molecule has 2 amide bonds. The lowest BCUT2D eigenvalue weighted by molar-refractivity contribution is -0.137. The second-order valence-corrected chi connectivity index (χ2v) is 8.83. The summed E-state index contributed by atoms with van der Waals surface area (Å²) in [5.74, 6) is -1.36. The lowest BCUT2D eigenvalue weighted by Gasteiger charge is -2.15. The minimum atomic E-state index is -4.39. The van der Waals surface area contributed by atoms with E-state index in [-0.39, 0.29) is 31.2 Å². The molecule has 3 aromatic carbocycles. The fourth-order valence-corrected chi connectivity index (χ4v) is 4.60. The van der Waals surface area contributed by atoms with Gasteiger partial charge in [0.1, 0.15) is 0 Å². The number of hydrogen-bond donors (Lipinski definition) is 0. The minimum Gasteiger partial charge on any atom is -0.268 e. The summed E-state index contributed by atoms with van der Waals surface area (Å²) in [5.41, 5.74) is 0.850. The van der Waals surface area contributed by atoms with Crippen molar-refractivity contribution in [2.45, 2.75) is 19.0 Å². The molecular weight excluding hydrogens is 521 g/mol. The fourth-order valence-electron chi connectivity index (χ4n) is 3.58. The van der Waals surface area contributed by atoms with E-state index >= 15 is 0 Å². The molecule has 0 aliphatic carbocycles. The van der Waals surface area contributed by atoms with E-state index < -0.39 is 23.6 Å². The Balaban J connectivity index is 1.58. The van der Waals surface area contributed by atoms with Gasteiger partial charge < -0.3 is 0 Å². The molecule has 0 N–H and O–H groups in total. The van der Waals surface area contributed by atoms with Gasteiger partial charge >= 0.3 is 6.18 Å². The molecule has 4 rings (SSSR count). The Hall–Kier alpha value is -2.25. The lowest BCUT2D eigenvalue weighted by atomic mass is 10.0. The summed E-state index contributed by atoms with van der Waals surface area (Å²) in [6, 6.07) is 11.6. The second kappa shape index (κ2) is 8.84. The van der Waals surface area contributed by atoms with Crippen LogP contribution < -0.4 is 4.90 Å². The largest absolute Gasteiger partial charge is 0.416 e. The number of anilines is 1. The van der Waals surface area contributed by atoms with Gasteiger partial charge in [-0.25, -0.2) is 4.90 Å². The molecule has 0 fully saturated rings. The molecule has 1 heterocycles. The van der Waals surface area contributed by atoms with Gasteiger partial charge in [0, 0.05) is 0 Å². The van der Waals surface area contributed by atoms with Crippen LogP contribution in [0.4, 0.5) is 18.9 Å². The molecule has 0 unspecified atom stereocenters. The van der Waals surface area contributed by atoms with Crippen LogP contribution >= 0.6 is 46.4 Å². The first-order valence-electron chi connectivity index (χ1n) is 9.50. The number of fused-ring (bicyclic) bond motifs is 1. The van der Waals surface area contributed by atoms with E-state index in [2.05, 4.69) is 0 Å². The van der Waals surface area contributed by atoms with Gasteiger partial charge in [0.15, 0.2) is 0 Å². The molecule has 0 saturated carbocycles. The smallest absolute Gasteiger partial charge is 0.268 e. The van der Waals surface area contributed by atoms with E-state index in [9.17, 15) is 22.8 Å². The number of alkyl halides is 3. The molecule has 0 saturated heterocycles. The maximum absolute atomic E-state index is 13.0. The highest BCUT2D eigenvalue weighted by atomic mass is 35.5. The zero-order valence-corrected chi connectivity index (χ0v) is 19.5. The highest BCUT2D eigenvalue weighted by Crippen LogP contribution is 2.45. The van der Waals surface area contributed by atoms with Crippen LogP contribution in [0.5, 0.6) is 0 Å². The number of rotatable bonds is 4. The van der Waals surface area contributed by atoms with Crippen molar-refractivity contribution in [2.24, 2.45) is 0 Å². The highest BCUT2D eigenvalue weighted by Gasteiger charge is 2.42. The molecule has 0 bridgehead atoms. The number of carbonyl (C=O) groups is 2. The number of hydrogen-bond acceptors (Lipinski definition) is 2. The zero-order chi connectivity index (χ0) is 24.1. The van der Waals surface area contributed by atoms with Crippen molar-refractivity contribution in [1.29, 1.82) is 0 Å². The first-order chi connectivity index (χ1) is 15.5. The lowest BCUT2D eigenvalue weighted by Crippen LogP contribution is -2.29. The van der Waals surface area contributed by atoms with Crippen LogP contribution in [0.2, 0.25) is 20.1 Å². The monoisotopic (exact) mass is 531 g/mol. The summed E-state index contributed by atoms with van der Waals surface area (Å²) in [5, 5.41) is -0.536. The molecule has 1 aliphatic rings. The van der Waals surface area contributed by atoms with Crippen LogP contribution in [0.15, 0.2) is 48.5 Å². The van der Waals surface area contributed by atoms with E-state index in [1.165, 1.54) is 12.1 Å². The zero-order valence-electron chi connectivity index (χ0n) is 16.4. The average molecular weight is 533 g/mol. The van der Waals surface area contributed by atoms with Crippen LogP contribution in [-0.2, 0) is 19.0 Å². The minimum absolute atomic E-state index is 0.115. The Kier molecular flexibility index (Phi) is 6.40. The quantitative estimate of drug-likeness (QED) is 0.194. The van der Waals surface area contributed by atoms with Crippen molar-refractivity contribution < 1.29 is 22.8 Å². The Morgan fingerprint density at radius 3 is 1.73 bits per heavy atom. The number of nitrogens with zero attached hydrogens (tertiary/aromatic N) is 1. The predicted molar refractivity (Wildman–Crippen MR) is 123 cm³/mol. The third-order valence-electron chi connectivity index (χ3n) is 5.25. The first kappa shape index (κ1) is 23.9. The van der Waals surface area contributed by atoms with Gasteiger partial charge in [-0.1, -0.05) is 70.7 Å². The van der Waals surface area contributed by atoms with Gasteiger partial charge in [0.05, 0.1) is 42.5 Å². The van der Waals surface area contributed by atoms with Gasteiger partial charge in [-0.15, -0.1) is 0 Å². The number of amides is 2. The van der Waals surface area contributed by atoms with Crippen LogP contribution in [0, 0.1) is 0 Å². The molecule has 0 atom stereocenters. The molecule has 0 radical (unpaired) electrons. The summed E-state index contributed by atoms with van der Waals surface area (Å²) >= 11 is 24.4. The number of imide groups is 1. The van der Waals surface area contributed by atoms with Crippen LogP contribution in [0.3, 0.4) is 0 Å². The summed E-state index contributed by atoms with van der Waals surface area (Å²) in [6.45, 7) is 0. The Morgan fingerprint density at radius 1 is 0.697 bits per heavy atom. The number of carbonyl (C=O) groups excluding carboxylic acids is 2. The van der Waals surface area contributed by atoms with E-state index in [0.29, 0.717) is 18.5 Å². The highest BCUT2D eigenvalue weighted by molar-refractivity contribution is 6.56. The number of benzene rings is 3. The van der Waals surface area contributed by atoms with Crippen LogP contribution in [0.25, 0.3) is 0 Å². The van der Waals surface area contributed by atoms with Crippen LogP contribution in [0.1, 0.15) is 37.4 Å². The summed E-state index contributed by atoms with van der Waals surface area (Å²) in [4.78, 5) is 27.0. The topological polar surface area (TPSA) is 37.4 Å². The van der Waals surface area contributed by atoms with Gasteiger partial charge in [-0.2, -0.15) is 13.2 Å². The molecule has 10 heteroatoms. The van der Waals surface area contributed by atoms with E-state index in [1.807, 2.05) is 0 Å². The average Bonchev–Trinajstić information content (AvgIpc) is 3.04. The Morgan fingerprint density at radius 2 is 1.21 bits per heavy atom. The molecule has 3 nitrogen and oxygen atoms in total. The third kappa shape index (κ3) is 4.33. The van der Waals surface area contributed by atoms with Gasteiger partial charge in [-0.3, -0.25) is 9.59 Å². The summed E-state index contributed by atoms with van der Waals surface area (Å²) in [7, 11) is 0. The molecule has 3 aromatic rings. The second-order valence-electron chi connectivity index (χ2n) is 7.32. The summed E-state index contributed by atoms with van der Waals surface area (Å²) in [6.07, 6.45) is -3.45. The molecule has 170 valence electrons. The van der Waals surface area contributed by atoms with Gasteiger partial charge in [-0.05, 0) is 48.2 Å². The molecule has 0 aromatic heterocycles.